The molecule has 3 N–H and O–H groups in total. The molecule has 1 saturated carbocycles. The lowest BCUT2D eigenvalue weighted by Crippen LogP contribution is -2.20. The second-order valence-corrected chi connectivity index (χ2v) is 4.59. The number of hydrogen-bond donors (Lipinski definition) is 2. The number of benzene rings is 1. The standard InChI is InChI=1S/C13H16N2O3/c1-8-6-11(8)13(17)15-9-2-4-10(5-3-9)18-7-12(14)16/h2-5,8,11H,6-7H2,1H3,(H2,14,16)(H,15,17). The summed E-state index contributed by atoms with van der Waals surface area (Å²) < 4.78 is 5.12. The number of carbonyl (C=O) groups excluding carboxylic acids is 2. The molecule has 0 saturated heterocycles. The van der Waals surface area contributed by atoms with Gasteiger partial charge in [-0.1, -0.05) is 6.92 Å². The van der Waals surface area contributed by atoms with Crippen molar-refractivity contribution in [3.05, 3.63) is 24.3 Å². The van der Waals surface area contributed by atoms with Gasteiger partial charge in [0.05, 0.1) is 0 Å². The van der Waals surface area contributed by atoms with E-state index in [0.717, 1.165) is 12.1 Å². The van der Waals surface area contributed by atoms with Crippen molar-refractivity contribution in [1.82, 2.24) is 0 Å². The number of carbonyl (C=O) groups is 2. The van der Waals surface area contributed by atoms with Gasteiger partial charge in [0.15, 0.2) is 6.61 Å². The molecular weight excluding hydrogens is 232 g/mol. The Morgan fingerprint density at radius 1 is 1.39 bits per heavy atom. The second-order valence-electron chi connectivity index (χ2n) is 4.59. The van der Waals surface area contributed by atoms with Crippen LogP contribution in [0.1, 0.15) is 13.3 Å². The molecular formula is C13H16N2O3. The Morgan fingerprint density at radius 3 is 2.50 bits per heavy atom. The van der Waals surface area contributed by atoms with Crippen LogP contribution >= 0.6 is 0 Å². The van der Waals surface area contributed by atoms with Gasteiger partial charge in [-0.25, -0.2) is 0 Å². The normalized spacial score (nSPS) is 21.2. The van der Waals surface area contributed by atoms with Crippen LogP contribution in [0, 0.1) is 11.8 Å². The van der Waals surface area contributed by atoms with Gasteiger partial charge in [-0.3, -0.25) is 9.59 Å². The minimum atomic E-state index is -0.518. The number of primary amides is 1. The average Bonchev–Trinajstić information content (AvgIpc) is 3.05. The lowest BCUT2D eigenvalue weighted by atomic mass is 10.2. The summed E-state index contributed by atoms with van der Waals surface area (Å²) in [6.45, 7) is 1.91. The number of nitrogens with one attached hydrogen (secondary N) is 1. The van der Waals surface area contributed by atoms with E-state index >= 15 is 0 Å². The molecule has 2 unspecified atom stereocenters. The maximum Gasteiger partial charge on any atom is 0.255 e. The van der Waals surface area contributed by atoms with Crippen LogP contribution in [0.25, 0.3) is 0 Å². The predicted molar refractivity (Wildman–Crippen MR) is 67.0 cm³/mol. The third-order valence-corrected chi connectivity index (χ3v) is 2.95. The maximum absolute atomic E-state index is 11.7. The molecule has 96 valence electrons. The van der Waals surface area contributed by atoms with Crippen LogP contribution in [0.15, 0.2) is 24.3 Å². The van der Waals surface area contributed by atoms with E-state index in [1.807, 2.05) is 0 Å². The molecule has 2 amide bonds. The molecule has 0 aliphatic heterocycles. The molecule has 0 radical (unpaired) electrons. The van der Waals surface area contributed by atoms with Crippen LogP contribution in [0.5, 0.6) is 5.75 Å². The van der Waals surface area contributed by atoms with Crippen LogP contribution in [-0.2, 0) is 9.59 Å². The zero-order valence-corrected chi connectivity index (χ0v) is 10.2. The Balaban J connectivity index is 1.87. The lowest BCUT2D eigenvalue weighted by Gasteiger charge is -2.06. The highest BCUT2D eigenvalue weighted by Crippen LogP contribution is 2.38. The van der Waals surface area contributed by atoms with Crippen LogP contribution in [0.4, 0.5) is 5.69 Å². The van der Waals surface area contributed by atoms with E-state index in [4.69, 9.17) is 10.5 Å². The molecule has 1 aromatic carbocycles. The molecule has 1 aliphatic rings. The maximum atomic E-state index is 11.7. The molecule has 0 heterocycles. The summed E-state index contributed by atoms with van der Waals surface area (Å²) in [5, 5.41) is 2.84. The van der Waals surface area contributed by atoms with E-state index in [2.05, 4.69) is 12.2 Å². The molecule has 0 bridgehead atoms. The van der Waals surface area contributed by atoms with Gasteiger partial charge in [-0.2, -0.15) is 0 Å². The van der Waals surface area contributed by atoms with Crippen LogP contribution < -0.4 is 15.8 Å². The Morgan fingerprint density at radius 2 is 2.00 bits per heavy atom. The van der Waals surface area contributed by atoms with Crippen LogP contribution in [0.3, 0.4) is 0 Å². The summed E-state index contributed by atoms with van der Waals surface area (Å²) in [6.07, 6.45) is 0.964. The monoisotopic (exact) mass is 248 g/mol. The Bertz CT molecular complexity index is 456. The van der Waals surface area contributed by atoms with E-state index in [1.165, 1.54) is 0 Å². The molecule has 1 aliphatic carbocycles. The van der Waals surface area contributed by atoms with Gasteiger partial charge >= 0.3 is 0 Å². The van der Waals surface area contributed by atoms with Gasteiger partial charge in [0.1, 0.15) is 5.75 Å². The van der Waals surface area contributed by atoms with Gasteiger partial charge in [-0.15, -0.1) is 0 Å². The predicted octanol–water partition coefficient (Wildman–Crippen LogP) is 1.15. The SMILES string of the molecule is CC1CC1C(=O)Nc1ccc(OCC(N)=O)cc1. The van der Waals surface area contributed by atoms with Crippen molar-refractivity contribution in [2.24, 2.45) is 17.6 Å². The van der Waals surface area contributed by atoms with Gasteiger partial charge in [0.25, 0.3) is 5.91 Å². The molecule has 0 spiro atoms. The third-order valence-electron chi connectivity index (χ3n) is 2.95. The van der Waals surface area contributed by atoms with Crippen molar-refractivity contribution in [3.63, 3.8) is 0 Å². The molecule has 0 aromatic heterocycles. The van der Waals surface area contributed by atoms with Gasteiger partial charge in [0.2, 0.25) is 5.91 Å². The van der Waals surface area contributed by atoms with Crippen molar-refractivity contribution in [3.8, 4) is 5.75 Å². The quantitative estimate of drug-likeness (QED) is 0.820. The highest BCUT2D eigenvalue weighted by atomic mass is 16.5. The molecule has 18 heavy (non-hydrogen) atoms. The van der Waals surface area contributed by atoms with Crippen molar-refractivity contribution in [2.75, 3.05) is 11.9 Å². The summed E-state index contributed by atoms with van der Waals surface area (Å²) in [6, 6.07) is 6.85. The van der Waals surface area contributed by atoms with Crippen molar-refractivity contribution in [2.45, 2.75) is 13.3 Å². The Kier molecular flexibility index (Phi) is 3.50. The van der Waals surface area contributed by atoms with E-state index < -0.39 is 5.91 Å². The minimum Gasteiger partial charge on any atom is -0.484 e. The zero-order chi connectivity index (χ0) is 13.1. The number of rotatable bonds is 5. The van der Waals surface area contributed by atoms with Crippen LogP contribution in [-0.4, -0.2) is 18.4 Å². The number of amides is 2. The van der Waals surface area contributed by atoms with Gasteiger partial charge < -0.3 is 15.8 Å². The largest absolute Gasteiger partial charge is 0.484 e. The van der Waals surface area contributed by atoms with Crippen molar-refractivity contribution >= 4 is 17.5 Å². The summed E-state index contributed by atoms with van der Waals surface area (Å²) in [5.41, 5.74) is 5.70. The van der Waals surface area contributed by atoms with Gasteiger partial charge in [-0.05, 0) is 36.6 Å². The second kappa shape index (κ2) is 5.08. The average molecular weight is 248 g/mol. The summed E-state index contributed by atoms with van der Waals surface area (Å²) >= 11 is 0. The third kappa shape index (κ3) is 3.23. The van der Waals surface area contributed by atoms with Crippen molar-refractivity contribution < 1.29 is 14.3 Å². The smallest absolute Gasteiger partial charge is 0.255 e. The minimum absolute atomic E-state index is 0.0632. The van der Waals surface area contributed by atoms with E-state index in [1.54, 1.807) is 24.3 Å². The molecule has 1 fully saturated rings. The summed E-state index contributed by atoms with van der Waals surface area (Å²) in [4.78, 5) is 22.2. The first kappa shape index (κ1) is 12.4. The molecule has 5 heteroatoms. The fourth-order valence-corrected chi connectivity index (χ4v) is 1.71. The van der Waals surface area contributed by atoms with Crippen molar-refractivity contribution in [1.29, 1.82) is 0 Å². The number of anilines is 1. The first-order valence-corrected chi connectivity index (χ1v) is 5.88. The van der Waals surface area contributed by atoms with E-state index in [0.29, 0.717) is 11.7 Å². The first-order chi connectivity index (χ1) is 8.56. The fourth-order valence-electron chi connectivity index (χ4n) is 1.71. The number of ether oxygens (including phenoxy) is 1. The lowest BCUT2D eigenvalue weighted by molar-refractivity contribution is -0.120. The van der Waals surface area contributed by atoms with Crippen LogP contribution in [0.2, 0.25) is 0 Å². The Labute approximate surface area is 105 Å². The molecule has 1 aromatic rings. The van der Waals surface area contributed by atoms with E-state index in [-0.39, 0.29) is 18.4 Å². The van der Waals surface area contributed by atoms with Gasteiger partial charge in [0, 0.05) is 11.6 Å². The highest BCUT2D eigenvalue weighted by molar-refractivity contribution is 5.94. The molecule has 2 rings (SSSR count). The molecule has 2 atom stereocenters. The summed E-state index contributed by atoms with van der Waals surface area (Å²) in [5.74, 6) is 0.731. The topological polar surface area (TPSA) is 81.4 Å². The summed E-state index contributed by atoms with van der Waals surface area (Å²) in [7, 11) is 0. The van der Waals surface area contributed by atoms with E-state index in [9.17, 15) is 9.59 Å². The highest BCUT2D eigenvalue weighted by Gasteiger charge is 2.38. The molecule has 5 nitrogen and oxygen atoms in total. The number of nitrogens with two attached hydrogens (primary N) is 1. The number of hydrogen-bond acceptors (Lipinski definition) is 3. The fraction of sp³-hybridized carbons (Fsp3) is 0.385. The Hall–Kier alpha value is -2.04. The zero-order valence-electron chi connectivity index (χ0n) is 10.2. The first-order valence-electron chi connectivity index (χ1n) is 5.88.